The molecule has 3 nitrogen and oxygen atoms in total. The Balaban J connectivity index is 2.01. The van der Waals surface area contributed by atoms with Gasteiger partial charge in [0.05, 0.1) is 6.61 Å². The molecule has 1 aliphatic heterocycles. The van der Waals surface area contributed by atoms with Crippen molar-refractivity contribution < 1.29 is 9.47 Å². The second-order valence-corrected chi connectivity index (χ2v) is 13.7. The van der Waals surface area contributed by atoms with E-state index in [9.17, 15) is 0 Å². The minimum atomic E-state index is -0.0981. The number of likely N-dealkylation sites (tertiary alicyclic amines) is 1. The molecule has 3 heteroatoms. The van der Waals surface area contributed by atoms with Gasteiger partial charge in [-0.3, -0.25) is 0 Å². The van der Waals surface area contributed by atoms with Crippen molar-refractivity contribution in [2.75, 3.05) is 40.0 Å². The highest BCUT2D eigenvalue weighted by Gasteiger charge is 2.35. The Morgan fingerprint density at radius 2 is 1.02 bits per heavy atom. The number of nitrogens with zero attached hydrogens (tertiary/aromatic N) is 1. The Morgan fingerprint density at radius 1 is 0.543 bits per heavy atom. The minimum Gasteiger partial charge on any atom is -0.378 e. The maximum Gasteiger partial charge on any atom is 0.104 e. The predicted molar refractivity (Wildman–Crippen MR) is 205 cm³/mol. The molecule has 266 valence electrons. The molecule has 0 bridgehead atoms. The second-order valence-electron chi connectivity index (χ2n) is 13.7. The smallest absolute Gasteiger partial charge is 0.104 e. The van der Waals surface area contributed by atoms with E-state index < -0.39 is 0 Å². The van der Waals surface area contributed by atoms with Gasteiger partial charge in [-0.1, -0.05) is 139 Å². The molecule has 46 heavy (non-hydrogen) atoms. The highest BCUT2D eigenvalue weighted by atomic mass is 16.5. The topological polar surface area (TPSA) is 21.7 Å². The molecule has 0 radical (unpaired) electrons. The number of rotatable bonds is 32. The molecule has 1 aliphatic rings. The third-order valence-electron chi connectivity index (χ3n) is 9.04. The van der Waals surface area contributed by atoms with Crippen molar-refractivity contribution in [1.82, 2.24) is 4.90 Å². The molecular formula is C43H77NO2. The summed E-state index contributed by atoms with van der Waals surface area (Å²) in [7, 11) is 2.23. The molecule has 0 aromatic carbocycles. The Hall–Kier alpha value is -1.42. The van der Waals surface area contributed by atoms with Gasteiger partial charge in [-0.05, 0) is 103 Å². The fourth-order valence-corrected chi connectivity index (χ4v) is 6.24. The summed E-state index contributed by atoms with van der Waals surface area (Å²) in [6, 6.07) is 0. The van der Waals surface area contributed by atoms with Crippen molar-refractivity contribution in [3.05, 3.63) is 60.8 Å². The summed E-state index contributed by atoms with van der Waals surface area (Å²) in [6.45, 7) is 9.16. The van der Waals surface area contributed by atoms with Gasteiger partial charge >= 0.3 is 0 Å². The second kappa shape index (κ2) is 33.5. The van der Waals surface area contributed by atoms with E-state index in [1.54, 1.807) is 0 Å². The van der Waals surface area contributed by atoms with Crippen molar-refractivity contribution >= 4 is 0 Å². The van der Waals surface area contributed by atoms with E-state index in [-0.39, 0.29) is 5.60 Å². The highest BCUT2D eigenvalue weighted by molar-refractivity contribution is 4.97. The van der Waals surface area contributed by atoms with Crippen LogP contribution in [0.25, 0.3) is 0 Å². The molecule has 1 fully saturated rings. The predicted octanol–water partition coefficient (Wildman–Crippen LogP) is 12.9. The Kier molecular flexibility index (Phi) is 31.0. The lowest BCUT2D eigenvalue weighted by molar-refractivity contribution is -0.129. The third-order valence-corrected chi connectivity index (χ3v) is 9.04. The highest BCUT2D eigenvalue weighted by Crippen LogP contribution is 2.26. The summed E-state index contributed by atoms with van der Waals surface area (Å²) in [5.41, 5.74) is -0.0981. The van der Waals surface area contributed by atoms with Crippen LogP contribution in [0, 0.1) is 0 Å². The third kappa shape index (κ3) is 27.7. The lowest BCUT2D eigenvalue weighted by Gasteiger charge is -2.41. The van der Waals surface area contributed by atoms with E-state index in [1.807, 2.05) is 0 Å². The lowest BCUT2D eigenvalue weighted by Crippen LogP contribution is -2.51. The number of hydrogen-bond acceptors (Lipinski definition) is 3. The van der Waals surface area contributed by atoms with Gasteiger partial charge in [0, 0.05) is 19.8 Å². The van der Waals surface area contributed by atoms with Crippen LogP contribution in [0.4, 0.5) is 0 Å². The van der Waals surface area contributed by atoms with Crippen LogP contribution >= 0.6 is 0 Å². The number of likely N-dealkylation sites (N-methyl/N-ethyl adjacent to an activating group) is 1. The van der Waals surface area contributed by atoms with Gasteiger partial charge < -0.3 is 14.4 Å². The molecule has 1 atom stereocenters. The average Bonchev–Trinajstić information content (AvgIpc) is 3.05. The molecule has 0 saturated carbocycles. The summed E-state index contributed by atoms with van der Waals surface area (Å²) in [6.07, 6.45) is 53.2. The molecule has 1 saturated heterocycles. The zero-order valence-corrected chi connectivity index (χ0v) is 31.0. The quantitative estimate of drug-likeness (QED) is 0.0540. The molecular weight excluding hydrogens is 562 g/mol. The summed E-state index contributed by atoms with van der Waals surface area (Å²) >= 11 is 0. The molecule has 0 spiro atoms. The van der Waals surface area contributed by atoms with Gasteiger partial charge in [0.25, 0.3) is 0 Å². The van der Waals surface area contributed by atoms with Crippen molar-refractivity contribution in [2.24, 2.45) is 0 Å². The first-order valence-corrected chi connectivity index (χ1v) is 19.9. The zero-order chi connectivity index (χ0) is 33.1. The van der Waals surface area contributed by atoms with Gasteiger partial charge in [0.1, 0.15) is 5.60 Å². The van der Waals surface area contributed by atoms with E-state index in [1.165, 1.54) is 129 Å². The number of piperidine rings is 1. The average molecular weight is 640 g/mol. The van der Waals surface area contributed by atoms with Crippen LogP contribution in [-0.4, -0.2) is 50.5 Å². The molecule has 0 amide bonds. The normalized spacial score (nSPS) is 18.2. The van der Waals surface area contributed by atoms with E-state index in [0.717, 1.165) is 58.5 Å². The molecule has 0 aromatic rings. The van der Waals surface area contributed by atoms with Crippen molar-refractivity contribution in [2.45, 2.75) is 174 Å². The van der Waals surface area contributed by atoms with Crippen LogP contribution in [0.5, 0.6) is 0 Å². The number of unbranched alkanes of at least 4 members (excludes halogenated alkanes) is 15. The maximum absolute atomic E-state index is 6.60. The largest absolute Gasteiger partial charge is 0.378 e. The zero-order valence-electron chi connectivity index (χ0n) is 31.0. The van der Waals surface area contributed by atoms with E-state index >= 15 is 0 Å². The van der Waals surface area contributed by atoms with Crippen LogP contribution in [0.2, 0.25) is 0 Å². The minimum absolute atomic E-state index is 0.0981. The Morgan fingerprint density at radius 3 is 1.57 bits per heavy atom. The van der Waals surface area contributed by atoms with Crippen molar-refractivity contribution in [3.8, 4) is 0 Å². The van der Waals surface area contributed by atoms with Gasteiger partial charge in [-0.25, -0.2) is 0 Å². The van der Waals surface area contributed by atoms with Crippen LogP contribution in [0.1, 0.15) is 168 Å². The van der Waals surface area contributed by atoms with Gasteiger partial charge in [-0.2, -0.15) is 0 Å². The van der Waals surface area contributed by atoms with Gasteiger partial charge in [-0.15, -0.1) is 0 Å². The van der Waals surface area contributed by atoms with Gasteiger partial charge in [0.15, 0.2) is 0 Å². The monoisotopic (exact) mass is 640 g/mol. The van der Waals surface area contributed by atoms with Crippen LogP contribution in [0.15, 0.2) is 60.8 Å². The molecule has 0 N–H and O–H groups in total. The molecule has 1 unspecified atom stereocenters. The first-order chi connectivity index (χ1) is 22.7. The summed E-state index contributed by atoms with van der Waals surface area (Å²) in [5.74, 6) is 0. The van der Waals surface area contributed by atoms with Crippen LogP contribution < -0.4 is 0 Å². The van der Waals surface area contributed by atoms with Crippen LogP contribution in [0.3, 0.4) is 0 Å². The first-order valence-electron chi connectivity index (χ1n) is 19.9. The SMILES string of the molecule is CC/C=C\C/C=C\C/C=C\CCCCCCCCOC1(COCCCCCCCC/C=C\C/C=C\CCCCC)CCCN(C)C1. The molecule has 1 heterocycles. The number of hydrogen-bond donors (Lipinski definition) is 0. The number of ether oxygens (including phenoxy) is 2. The van der Waals surface area contributed by atoms with E-state index in [0.29, 0.717) is 0 Å². The number of allylic oxidation sites excluding steroid dienone is 10. The maximum atomic E-state index is 6.60. The van der Waals surface area contributed by atoms with E-state index in [4.69, 9.17) is 9.47 Å². The fraction of sp³-hybridized carbons (Fsp3) is 0.767. The molecule has 1 rings (SSSR count). The first kappa shape index (κ1) is 42.6. The fourth-order valence-electron chi connectivity index (χ4n) is 6.24. The Labute approximate surface area is 288 Å². The van der Waals surface area contributed by atoms with Gasteiger partial charge in [0.2, 0.25) is 0 Å². The van der Waals surface area contributed by atoms with Crippen molar-refractivity contribution in [3.63, 3.8) is 0 Å². The lowest BCUT2D eigenvalue weighted by atomic mass is 9.93. The summed E-state index contributed by atoms with van der Waals surface area (Å²) in [5, 5.41) is 0. The van der Waals surface area contributed by atoms with E-state index in [2.05, 4.69) is 86.6 Å². The standard InChI is InChI=1S/C43H77NO2/c1-4-6-8-10-12-14-16-18-20-22-24-26-28-30-32-34-39-45-42-43(37-36-38-44(3)41-43)46-40-35-33-31-29-27-25-23-21-19-17-15-13-11-9-7-5-2/h7,9,12-15,18-21H,4-6,8,10-11,16-17,22-42H2,1-3H3/b9-7-,14-12-,15-13-,20-18-,21-19-. The molecule has 0 aromatic heterocycles. The summed E-state index contributed by atoms with van der Waals surface area (Å²) in [4.78, 5) is 2.43. The molecule has 0 aliphatic carbocycles. The summed E-state index contributed by atoms with van der Waals surface area (Å²) < 4.78 is 12.8. The van der Waals surface area contributed by atoms with Crippen molar-refractivity contribution in [1.29, 1.82) is 0 Å². The van der Waals surface area contributed by atoms with Crippen LogP contribution in [-0.2, 0) is 9.47 Å². The Bertz CT molecular complexity index is 782.